The molecule has 0 unspecified atom stereocenters. The van der Waals surface area contributed by atoms with Gasteiger partial charge in [0, 0.05) is 17.0 Å². The summed E-state index contributed by atoms with van der Waals surface area (Å²) in [6, 6.07) is 17.5. The largest absolute Gasteiger partial charge is 0.391 e. The zero-order chi connectivity index (χ0) is 17.9. The van der Waals surface area contributed by atoms with Gasteiger partial charge in [-0.3, -0.25) is 9.69 Å². The Labute approximate surface area is 151 Å². The summed E-state index contributed by atoms with van der Waals surface area (Å²) >= 11 is 0. The van der Waals surface area contributed by atoms with E-state index in [1.807, 2.05) is 48.5 Å². The maximum absolute atomic E-state index is 12.4. The van der Waals surface area contributed by atoms with Crippen LogP contribution < -0.4 is 9.74 Å². The van der Waals surface area contributed by atoms with Gasteiger partial charge in [-0.05, 0) is 36.6 Å². The van der Waals surface area contributed by atoms with E-state index >= 15 is 0 Å². The molecule has 0 aliphatic heterocycles. The number of aromatic nitrogens is 2. The van der Waals surface area contributed by atoms with E-state index in [1.165, 1.54) is 4.85 Å². The van der Waals surface area contributed by atoms with Gasteiger partial charge in [0.05, 0.1) is 12.3 Å². The monoisotopic (exact) mass is 346 g/mol. The third-order valence-corrected chi connectivity index (χ3v) is 4.45. The minimum absolute atomic E-state index is 0.0265. The molecule has 1 amide bonds. The van der Waals surface area contributed by atoms with Crippen LogP contribution in [0.25, 0.3) is 10.9 Å². The molecule has 0 N–H and O–H groups in total. The molecule has 2 aromatic carbocycles. The Bertz CT molecular complexity index is 970. The topological polar surface area (TPSA) is 71.2 Å². The van der Waals surface area contributed by atoms with E-state index in [1.54, 1.807) is 11.1 Å². The summed E-state index contributed by atoms with van der Waals surface area (Å²) in [6.07, 6.45) is 3.53. The van der Waals surface area contributed by atoms with E-state index < -0.39 is 0 Å². The van der Waals surface area contributed by atoms with Crippen LogP contribution in [0.4, 0.5) is 5.69 Å². The van der Waals surface area contributed by atoms with Gasteiger partial charge >= 0.3 is 0 Å². The van der Waals surface area contributed by atoms with Crippen molar-refractivity contribution in [3.8, 4) is 6.07 Å². The molecule has 0 saturated heterocycles. The SMILES string of the molecule is N#CCN(C(=O)C1CC1)c1ccc2c(cnn2OCc2ccccc2)c1. The third kappa shape index (κ3) is 3.24. The second kappa shape index (κ2) is 6.89. The highest BCUT2D eigenvalue weighted by Crippen LogP contribution is 2.33. The lowest BCUT2D eigenvalue weighted by atomic mass is 10.2. The lowest BCUT2D eigenvalue weighted by molar-refractivity contribution is -0.119. The fraction of sp³-hybridized carbons (Fsp3) is 0.250. The summed E-state index contributed by atoms with van der Waals surface area (Å²) in [7, 11) is 0. The van der Waals surface area contributed by atoms with Gasteiger partial charge in [0.25, 0.3) is 0 Å². The number of anilines is 1. The van der Waals surface area contributed by atoms with E-state index in [-0.39, 0.29) is 18.4 Å². The molecule has 6 heteroatoms. The second-order valence-corrected chi connectivity index (χ2v) is 6.38. The number of nitriles is 1. The lowest BCUT2D eigenvalue weighted by Gasteiger charge is -2.19. The van der Waals surface area contributed by atoms with Crippen LogP contribution in [-0.2, 0) is 11.4 Å². The zero-order valence-electron chi connectivity index (χ0n) is 14.2. The molecule has 0 spiro atoms. The first-order valence-electron chi connectivity index (χ1n) is 8.59. The van der Waals surface area contributed by atoms with Crippen molar-refractivity contribution in [2.75, 3.05) is 11.4 Å². The molecular weight excluding hydrogens is 328 g/mol. The normalized spacial score (nSPS) is 13.3. The van der Waals surface area contributed by atoms with Crippen LogP contribution in [0, 0.1) is 17.2 Å². The predicted molar refractivity (Wildman–Crippen MR) is 97.1 cm³/mol. The Morgan fingerprint density at radius 1 is 1.27 bits per heavy atom. The van der Waals surface area contributed by atoms with Crippen molar-refractivity contribution in [1.29, 1.82) is 5.26 Å². The summed E-state index contributed by atoms with van der Waals surface area (Å²) < 4.78 is 0. The molecular formula is C20H18N4O2. The standard InChI is InChI=1S/C20H18N4O2/c21-10-11-23(20(25)16-6-7-16)18-8-9-19-17(12-18)13-22-24(19)26-14-15-4-2-1-3-5-15/h1-5,8-9,12-13,16H,6-7,11,14H2. The van der Waals surface area contributed by atoms with E-state index in [0.29, 0.717) is 6.61 Å². The Morgan fingerprint density at radius 2 is 2.08 bits per heavy atom. The Balaban J connectivity index is 1.56. The number of hydrogen-bond donors (Lipinski definition) is 0. The van der Waals surface area contributed by atoms with Crippen molar-refractivity contribution in [3.63, 3.8) is 0 Å². The van der Waals surface area contributed by atoms with Gasteiger partial charge in [0.15, 0.2) is 0 Å². The maximum Gasteiger partial charge on any atom is 0.231 e. The van der Waals surface area contributed by atoms with E-state index in [0.717, 1.165) is 35.0 Å². The average Bonchev–Trinajstić information content (AvgIpc) is 3.45. The first-order valence-corrected chi connectivity index (χ1v) is 8.59. The van der Waals surface area contributed by atoms with Crippen LogP contribution in [0.15, 0.2) is 54.7 Å². The maximum atomic E-state index is 12.4. The van der Waals surface area contributed by atoms with Crippen molar-refractivity contribution >= 4 is 22.5 Å². The minimum Gasteiger partial charge on any atom is -0.391 e. The summed E-state index contributed by atoms with van der Waals surface area (Å²) in [5.41, 5.74) is 2.60. The molecule has 1 heterocycles. The van der Waals surface area contributed by atoms with Gasteiger partial charge in [-0.2, -0.15) is 5.26 Å². The van der Waals surface area contributed by atoms with E-state index in [4.69, 9.17) is 10.1 Å². The molecule has 26 heavy (non-hydrogen) atoms. The van der Waals surface area contributed by atoms with Crippen molar-refractivity contribution in [2.45, 2.75) is 19.4 Å². The Morgan fingerprint density at radius 3 is 2.81 bits per heavy atom. The van der Waals surface area contributed by atoms with E-state index in [2.05, 4.69) is 11.2 Å². The van der Waals surface area contributed by atoms with Gasteiger partial charge in [-0.1, -0.05) is 35.2 Å². The highest BCUT2D eigenvalue weighted by Gasteiger charge is 2.34. The third-order valence-electron chi connectivity index (χ3n) is 4.45. The number of rotatable bonds is 6. The summed E-state index contributed by atoms with van der Waals surface area (Å²) in [6.45, 7) is 0.472. The highest BCUT2D eigenvalue weighted by molar-refractivity contribution is 5.98. The Hall–Kier alpha value is -3.33. The summed E-state index contributed by atoms with van der Waals surface area (Å²) in [5, 5.41) is 14.2. The Kier molecular flexibility index (Phi) is 4.28. The van der Waals surface area contributed by atoms with Gasteiger partial charge in [0.2, 0.25) is 5.91 Å². The van der Waals surface area contributed by atoms with Crippen LogP contribution in [0.5, 0.6) is 0 Å². The average molecular weight is 346 g/mol. The number of fused-ring (bicyclic) bond motifs is 1. The molecule has 130 valence electrons. The van der Waals surface area contributed by atoms with Crippen molar-refractivity contribution in [2.24, 2.45) is 5.92 Å². The van der Waals surface area contributed by atoms with Crippen LogP contribution in [0.1, 0.15) is 18.4 Å². The number of nitrogens with zero attached hydrogens (tertiary/aromatic N) is 4. The highest BCUT2D eigenvalue weighted by atomic mass is 16.7. The quantitative estimate of drug-likeness (QED) is 0.644. The zero-order valence-corrected chi connectivity index (χ0v) is 14.2. The number of carbonyl (C=O) groups excluding carboxylic acids is 1. The molecule has 3 aromatic rings. The van der Waals surface area contributed by atoms with Crippen molar-refractivity contribution in [1.82, 2.24) is 9.94 Å². The molecule has 6 nitrogen and oxygen atoms in total. The molecule has 1 aliphatic carbocycles. The van der Waals surface area contributed by atoms with Gasteiger partial charge in [0.1, 0.15) is 18.7 Å². The summed E-state index contributed by atoms with van der Waals surface area (Å²) in [4.78, 5) is 21.2. The number of amides is 1. The van der Waals surface area contributed by atoms with Gasteiger partial charge in [-0.25, -0.2) is 0 Å². The molecule has 0 bridgehead atoms. The minimum atomic E-state index is 0.0265. The fourth-order valence-corrected chi connectivity index (χ4v) is 2.89. The molecule has 0 radical (unpaired) electrons. The molecule has 1 fully saturated rings. The summed E-state index contributed by atoms with van der Waals surface area (Å²) in [5.74, 6) is 0.0922. The van der Waals surface area contributed by atoms with Gasteiger partial charge in [-0.15, -0.1) is 5.10 Å². The smallest absolute Gasteiger partial charge is 0.231 e. The van der Waals surface area contributed by atoms with Crippen molar-refractivity contribution in [3.05, 3.63) is 60.3 Å². The fourth-order valence-electron chi connectivity index (χ4n) is 2.89. The van der Waals surface area contributed by atoms with E-state index in [9.17, 15) is 4.79 Å². The first-order chi connectivity index (χ1) is 12.8. The predicted octanol–water partition coefficient (Wildman–Crippen LogP) is 2.93. The number of hydrogen-bond acceptors (Lipinski definition) is 4. The number of benzene rings is 2. The molecule has 1 aliphatic rings. The molecule has 0 atom stereocenters. The van der Waals surface area contributed by atoms with Crippen LogP contribution >= 0.6 is 0 Å². The molecule has 4 rings (SSSR count). The van der Waals surface area contributed by atoms with Crippen LogP contribution in [-0.4, -0.2) is 22.4 Å². The van der Waals surface area contributed by atoms with Gasteiger partial charge < -0.3 is 4.84 Å². The molecule has 1 saturated carbocycles. The second-order valence-electron chi connectivity index (χ2n) is 6.38. The van der Waals surface area contributed by atoms with Crippen LogP contribution in [0.2, 0.25) is 0 Å². The lowest BCUT2D eigenvalue weighted by Crippen LogP contribution is -2.32. The van der Waals surface area contributed by atoms with Crippen molar-refractivity contribution < 1.29 is 9.63 Å². The molecule has 1 aromatic heterocycles. The van der Waals surface area contributed by atoms with Crippen LogP contribution in [0.3, 0.4) is 0 Å². The first kappa shape index (κ1) is 16.2. The number of carbonyl (C=O) groups is 1.